The van der Waals surface area contributed by atoms with E-state index in [1.54, 1.807) is 7.11 Å². The van der Waals surface area contributed by atoms with Crippen molar-refractivity contribution in [3.8, 4) is 0 Å². The highest BCUT2D eigenvalue weighted by Gasteiger charge is 2.09. The van der Waals surface area contributed by atoms with Crippen LogP contribution in [-0.4, -0.2) is 57.1 Å². The predicted octanol–water partition coefficient (Wildman–Crippen LogP) is -1.35. The minimum atomic E-state index is -1.00. The van der Waals surface area contributed by atoms with Gasteiger partial charge in [0.1, 0.15) is 6.04 Å². The van der Waals surface area contributed by atoms with Crippen LogP contribution in [0.5, 0.6) is 0 Å². The molecule has 1 unspecified atom stereocenters. The molecule has 0 saturated heterocycles. The van der Waals surface area contributed by atoms with E-state index in [2.05, 4.69) is 5.32 Å². The summed E-state index contributed by atoms with van der Waals surface area (Å²) in [6, 6.07) is -0.853. The summed E-state index contributed by atoms with van der Waals surface area (Å²) < 4.78 is 9.92. The summed E-state index contributed by atoms with van der Waals surface area (Å²) in [5.74, 6) is -1.00. The molecule has 0 aromatic heterocycles. The number of nitrogens with two attached hydrogens (primary N) is 1. The topological polar surface area (TPSA) is 93.8 Å². The average Bonchev–Trinajstić information content (AvgIpc) is 2.16. The van der Waals surface area contributed by atoms with Gasteiger partial charge in [-0.1, -0.05) is 0 Å². The number of rotatable bonds is 9. The smallest absolute Gasteiger partial charge is 0.321 e. The lowest BCUT2D eigenvalue weighted by molar-refractivity contribution is -0.138. The van der Waals surface area contributed by atoms with Crippen molar-refractivity contribution in [3.05, 3.63) is 0 Å². The van der Waals surface area contributed by atoms with E-state index in [1.165, 1.54) is 0 Å². The number of aliphatic carboxylic acids is 1. The summed E-state index contributed by atoms with van der Waals surface area (Å²) in [5, 5.41) is 11.3. The van der Waals surface area contributed by atoms with Gasteiger partial charge >= 0.3 is 5.97 Å². The van der Waals surface area contributed by atoms with Crippen molar-refractivity contribution in [2.75, 3.05) is 40.0 Å². The van der Waals surface area contributed by atoms with Gasteiger partial charge < -0.3 is 25.6 Å². The lowest BCUT2D eigenvalue weighted by Gasteiger charge is -2.08. The number of carboxylic acid groups (broad SMARTS) is 1. The number of carboxylic acids is 1. The minimum Gasteiger partial charge on any atom is -0.480 e. The summed E-state index contributed by atoms with van der Waals surface area (Å²) in [4.78, 5) is 10.3. The Morgan fingerprint density at radius 3 is 2.79 bits per heavy atom. The van der Waals surface area contributed by atoms with Gasteiger partial charge in [-0.3, -0.25) is 4.79 Å². The molecule has 0 aromatic carbocycles. The van der Waals surface area contributed by atoms with Crippen molar-refractivity contribution in [2.45, 2.75) is 6.04 Å². The monoisotopic (exact) mass is 206 g/mol. The minimum absolute atomic E-state index is 0.253. The Labute approximate surface area is 83.4 Å². The standard InChI is InChI=1S/C8H18N2O4/c1-13-4-5-14-3-2-10-6-7(9)8(11)12/h7,10H,2-6,9H2,1H3,(H,11,12). The van der Waals surface area contributed by atoms with Crippen molar-refractivity contribution in [1.29, 1.82) is 0 Å². The maximum Gasteiger partial charge on any atom is 0.321 e. The molecular weight excluding hydrogens is 188 g/mol. The lowest BCUT2D eigenvalue weighted by atomic mass is 10.3. The van der Waals surface area contributed by atoms with E-state index >= 15 is 0 Å². The summed E-state index contributed by atoms with van der Waals surface area (Å²) in [6.07, 6.45) is 0. The molecule has 1 atom stereocenters. The zero-order valence-corrected chi connectivity index (χ0v) is 8.36. The fourth-order valence-electron chi connectivity index (χ4n) is 0.734. The molecule has 4 N–H and O–H groups in total. The molecule has 0 spiro atoms. The van der Waals surface area contributed by atoms with Crippen LogP contribution < -0.4 is 11.1 Å². The first-order chi connectivity index (χ1) is 6.68. The largest absolute Gasteiger partial charge is 0.480 e. The molecule has 14 heavy (non-hydrogen) atoms. The van der Waals surface area contributed by atoms with Crippen molar-refractivity contribution in [3.63, 3.8) is 0 Å². The first kappa shape index (κ1) is 13.3. The number of nitrogens with one attached hydrogen (secondary N) is 1. The number of methoxy groups -OCH3 is 1. The van der Waals surface area contributed by atoms with Crippen LogP contribution in [0.4, 0.5) is 0 Å². The molecule has 0 aliphatic rings. The molecule has 0 fully saturated rings. The Balaban J connectivity index is 3.09. The molecule has 0 aromatic rings. The third kappa shape index (κ3) is 7.93. The number of ether oxygens (including phenoxy) is 2. The van der Waals surface area contributed by atoms with Crippen molar-refractivity contribution >= 4 is 5.97 Å². The third-order valence-electron chi connectivity index (χ3n) is 1.54. The molecular formula is C8H18N2O4. The van der Waals surface area contributed by atoms with Crippen LogP contribution in [0, 0.1) is 0 Å². The number of carbonyl (C=O) groups is 1. The van der Waals surface area contributed by atoms with Crippen LogP contribution in [0.15, 0.2) is 0 Å². The summed E-state index contributed by atoms with van der Waals surface area (Å²) >= 11 is 0. The molecule has 0 amide bonds. The van der Waals surface area contributed by atoms with Gasteiger partial charge in [0.2, 0.25) is 0 Å². The molecule has 0 aliphatic heterocycles. The van der Waals surface area contributed by atoms with Gasteiger partial charge in [-0.15, -0.1) is 0 Å². The predicted molar refractivity (Wildman–Crippen MR) is 51.2 cm³/mol. The van der Waals surface area contributed by atoms with Crippen LogP contribution >= 0.6 is 0 Å². The zero-order valence-electron chi connectivity index (χ0n) is 8.36. The van der Waals surface area contributed by atoms with Crippen LogP contribution in [-0.2, 0) is 14.3 Å². The van der Waals surface area contributed by atoms with E-state index in [0.29, 0.717) is 26.4 Å². The number of hydrogen-bond donors (Lipinski definition) is 3. The SMILES string of the molecule is COCCOCCNCC(N)C(=O)O. The molecule has 0 aliphatic carbocycles. The summed E-state index contributed by atoms with van der Waals surface area (Å²) in [7, 11) is 1.60. The van der Waals surface area contributed by atoms with Crippen molar-refractivity contribution in [1.82, 2.24) is 5.32 Å². The second-order valence-electron chi connectivity index (χ2n) is 2.75. The first-order valence-corrected chi connectivity index (χ1v) is 4.44. The summed E-state index contributed by atoms with van der Waals surface area (Å²) in [6.45, 7) is 2.47. The van der Waals surface area contributed by atoms with Gasteiger partial charge in [0.15, 0.2) is 0 Å². The Kier molecular flexibility index (Phi) is 8.45. The number of hydrogen-bond acceptors (Lipinski definition) is 5. The van der Waals surface area contributed by atoms with Gasteiger partial charge in [0.05, 0.1) is 19.8 Å². The molecule has 0 bridgehead atoms. The second-order valence-corrected chi connectivity index (χ2v) is 2.75. The van der Waals surface area contributed by atoms with Crippen molar-refractivity contribution in [2.24, 2.45) is 5.73 Å². The van der Waals surface area contributed by atoms with Gasteiger partial charge in [-0.05, 0) is 0 Å². The van der Waals surface area contributed by atoms with Gasteiger partial charge in [0.25, 0.3) is 0 Å². The van der Waals surface area contributed by atoms with E-state index in [9.17, 15) is 4.79 Å². The van der Waals surface area contributed by atoms with Crippen molar-refractivity contribution < 1.29 is 19.4 Å². The van der Waals surface area contributed by atoms with E-state index in [1.807, 2.05) is 0 Å². The van der Waals surface area contributed by atoms with Crippen LogP contribution in [0.1, 0.15) is 0 Å². The Morgan fingerprint density at radius 1 is 1.50 bits per heavy atom. The molecule has 84 valence electrons. The first-order valence-electron chi connectivity index (χ1n) is 4.44. The maximum atomic E-state index is 10.3. The zero-order chi connectivity index (χ0) is 10.8. The molecule has 0 saturated carbocycles. The Morgan fingerprint density at radius 2 is 2.21 bits per heavy atom. The van der Waals surface area contributed by atoms with Crippen LogP contribution in [0.2, 0.25) is 0 Å². The molecule has 0 heterocycles. The van der Waals surface area contributed by atoms with Crippen LogP contribution in [0.25, 0.3) is 0 Å². The fraction of sp³-hybridized carbons (Fsp3) is 0.875. The normalized spacial score (nSPS) is 12.7. The highest BCUT2D eigenvalue weighted by Crippen LogP contribution is 1.77. The second kappa shape index (κ2) is 8.89. The molecule has 0 rings (SSSR count). The molecule has 6 nitrogen and oxygen atoms in total. The maximum absolute atomic E-state index is 10.3. The Bertz CT molecular complexity index is 154. The van der Waals surface area contributed by atoms with E-state index < -0.39 is 12.0 Å². The summed E-state index contributed by atoms with van der Waals surface area (Å²) in [5.41, 5.74) is 5.26. The Hall–Kier alpha value is -0.690. The van der Waals surface area contributed by atoms with Gasteiger partial charge in [-0.2, -0.15) is 0 Å². The molecule has 6 heteroatoms. The van der Waals surface area contributed by atoms with Gasteiger partial charge in [0, 0.05) is 20.2 Å². The molecule has 0 radical (unpaired) electrons. The lowest BCUT2D eigenvalue weighted by Crippen LogP contribution is -2.41. The quantitative estimate of drug-likeness (QED) is 0.404. The highest BCUT2D eigenvalue weighted by atomic mass is 16.5. The van der Waals surface area contributed by atoms with E-state index in [-0.39, 0.29) is 6.54 Å². The van der Waals surface area contributed by atoms with E-state index in [0.717, 1.165) is 0 Å². The van der Waals surface area contributed by atoms with E-state index in [4.69, 9.17) is 20.3 Å². The van der Waals surface area contributed by atoms with Gasteiger partial charge in [-0.25, -0.2) is 0 Å². The van der Waals surface area contributed by atoms with Crippen LogP contribution in [0.3, 0.4) is 0 Å². The average molecular weight is 206 g/mol. The highest BCUT2D eigenvalue weighted by molar-refractivity contribution is 5.73. The fourth-order valence-corrected chi connectivity index (χ4v) is 0.734. The third-order valence-corrected chi connectivity index (χ3v) is 1.54.